The number of para-hydroxylation sites is 1. The van der Waals surface area contributed by atoms with Crippen LogP contribution in [0.3, 0.4) is 0 Å². The van der Waals surface area contributed by atoms with Gasteiger partial charge in [-0.25, -0.2) is 9.37 Å². The Morgan fingerprint density at radius 3 is 2.54 bits per heavy atom. The second-order valence-electron chi connectivity index (χ2n) is 8.15. The number of pyridine rings is 1. The molecule has 2 N–H and O–H groups in total. The highest BCUT2D eigenvalue weighted by molar-refractivity contribution is 6.13. The molecule has 35 heavy (non-hydrogen) atoms. The van der Waals surface area contributed by atoms with Crippen molar-refractivity contribution in [1.29, 1.82) is 0 Å². The first-order valence-corrected chi connectivity index (χ1v) is 11.2. The summed E-state index contributed by atoms with van der Waals surface area (Å²) in [6.07, 6.45) is 0.581. The summed E-state index contributed by atoms with van der Waals surface area (Å²) < 4.78 is 24.2. The van der Waals surface area contributed by atoms with Crippen LogP contribution in [0.4, 0.5) is 4.39 Å². The number of aromatic nitrogens is 2. The highest BCUT2D eigenvalue weighted by atomic mass is 19.1. The van der Waals surface area contributed by atoms with Crippen LogP contribution in [0.15, 0.2) is 72.8 Å². The number of hydrogen-bond donors (Lipinski definition) is 2. The van der Waals surface area contributed by atoms with Crippen LogP contribution in [0.5, 0.6) is 11.5 Å². The number of amides is 1. The number of halogens is 1. The first kappa shape index (κ1) is 22.4. The van der Waals surface area contributed by atoms with E-state index >= 15 is 0 Å². The van der Waals surface area contributed by atoms with Crippen molar-refractivity contribution in [2.24, 2.45) is 0 Å². The molecule has 0 bridgehead atoms. The van der Waals surface area contributed by atoms with E-state index in [0.717, 1.165) is 27.4 Å². The van der Waals surface area contributed by atoms with Gasteiger partial charge in [-0.1, -0.05) is 30.3 Å². The molecule has 5 aromatic rings. The molecule has 176 valence electrons. The SMILES string of the molecule is COc1ccc(OC)c(-c2nc(C(=O)NCCc3ccc(F)cc3)cc3c2[nH]c2ccccc23)c1. The molecule has 6 nitrogen and oxygen atoms in total. The summed E-state index contributed by atoms with van der Waals surface area (Å²) in [6, 6.07) is 21.5. The number of methoxy groups -OCH3 is 2. The zero-order valence-corrected chi connectivity index (χ0v) is 19.4. The van der Waals surface area contributed by atoms with Crippen molar-refractivity contribution >= 4 is 27.7 Å². The standard InChI is InChI=1S/C28H24FN3O3/c1-34-19-11-12-25(35-2)22(15-19)27-26-21(20-5-3-4-6-23(20)31-26)16-24(32-27)28(33)30-14-13-17-7-9-18(29)10-8-17/h3-12,15-16,31H,13-14H2,1-2H3,(H,30,33). The molecule has 2 heterocycles. The van der Waals surface area contributed by atoms with Crippen LogP contribution in [0.25, 0.3) is 33.1 Å². The van der Waals surface area contributed by atoms with Crippen LogP contribution in [0.2, 0.25) is 0 Å². The number of aromatic amines is 1. The Morgan fingerprint density at radius 1 is 0.971 bits per heavy atom. The fraction of sp³-hybridized carbons (Fsp3) is 0.143. The lowest BCUT2D eigenvalue weighted by Gasteiger charge is -2.13. The van der Waals surface area contributed by atoms with Gasteiger partial charge in [0.2, 0.25) is 0 Å². The summed E-state index contributed by atoms with van der Waals surface area (Å²) in [7, 11) is 3.20. The average Bonchev–Trinajstić information content (AvgIpc) is 3.27. The van der Waals surface area contributed by atoms with Gasteiger partial charge < -0.3 is 19.8 Å². The normalized spacial score (nSPS) is 11.1. The zero-order chi connectivity index (χ0) is 24.4. The van der Waals surface area contributed by atoms with Crippen LogP contribution in [0, 0.1) is 5.82 Å². The lowest BCUT2D eigenvalue weighted by Crippen LogP contribution is -2.26. The van der Waals surface area contributed by atoms with E-state index in [1.807, 2.05) is 42.5 Å². The van der Waals surface area contributed by atoms with E-state index in [4.69, 9.17) is 14.5 Å². The zero-order valence-electron chi connectivity index (χ0n) is 19.4. The Balaban J connectivity index is 1.57. The Kier molecular flexibility index (Phi) is 6.06. The first-order chi connectivity index (χ1) is 17.1. The summed E-state index contributed by atoms with van der Waals surface area (Å²) in [5, 5.41) is 4.82. The van der Waals surface area contributed by atoms with E-state index in [1.54, 1.807) is 32.4 Å². The maximum absolute atomic E-state index is 13.2. The molecule has 3 aromatic carbocycles. The molecule has 0 saturated carbocycles. The molecule has 0 radical (unpaired) electrons. The van der Waals surface area contributed by atoms with Crippen LogP contribution in [-0.2, 0) is 6.42 Å². The maximum atomic E-state index is 13.2. The minimum Gasteiger partial charge on any atom is -0.497 e. The third-order valence-electron chi connectivity index (χ3n) is 6.00. The lowest BCUT2D eigenvalue weighted by atomic mass is 10.0. The minimum atomic E-state index is -0.289. The predicted molar refractivity (Wildman–Crippen MR) is 135 cm³/mol. The van der Waals surface area contributed by atoms with Crippen molar-refractivity contribution in [2.75, 3.05) is 20.8 Å². The topological polar surface area (TPSA) is 76.2 Å². The molecule has 0 spiro atoms. The Labute approximate surface area is 201 Å². The molecule has 0 aliphatic heterocycles. The van der Waals surface area contributed by atoms with Crippen LogP contribution in [-0.4, -0.2) is 36.6 Å². The monoisotopic (exact) mass is 469 g/mol. The fourth-order valence-corrected chi connectivity index (χ4v) is 4.22. The van der Waals surface area contributed by atoms with Crippen LogP contribution < -0.4 is 14.8 Å². The smallest absolute Gasteiger partial charge is 0.269 e. The molecule has 1 amide bonds. The van der Waals surface area contributed by atoms with Crippen LogP contribution in [0.1, 0.15) is 16.1 Å². The maximum Gasteiger partial charge on any atom is 0.269 e. The third kappa shape index (κ3) is 4.40. The summed E-state index contributed by atoms with van der Waals surface area (Å²) in [4.78, 5) is 21.4. The molecule has 5 rings (SSSR count). The largest absolute Gasteiger partial charge is 0.497 e. The number of carbonyl (C=O) groups is 1. The van der Waals surface area contributed by atoms with Gasteiger partial charge in [0, 0.05) is 28.4 Å². The van der Waals surface area contributed by atoms with Gasteiger partial charge in [0.25, 0.3) is 5.91 Å². The molecule has 0 saturated heterocycles. The minimum absolute atomic E-state index is 0.283. The van der Waals surface area contributed by atoms with Crippen molar-refractivity contribution in [3.8, 4) is 22.8 Å². The molecule has 0 aliphatic carbocycles. The molecule has 0 aliphatic rings. The van der Waals surface area contributed by atoms with E-state index in [-0.39, 0.29) is 11.7 Å². The second-order valence-corrected chi connectivity index (χ2v) is 8.15. The van der Waals surface area contributed by atoms with Gasteiger partial charge in [-0.2, -0.15) is 0 Å². The van der Waals surface area contributed by atoms with Gasteiger partial charge in [-0.3, -0.25) is 4.79 Å². The van der Waals surface area contributed by atoms with Gasteiger partial charge >= 0.3 is 0 Å². The van der Waals surface area contributed by atoms with Crippen molar-refractivity contribution in [3.63, 3.8) is 0 Å². The van der Waals surface area contributed by atoms with E-state index in [9.17, 15) is 9.18 Å². The third-order valence-corrected chi connectivity index (χ3v) is 6.00. The van der Waals surface area contributed by atoms with Crippen molar-refractivity contribution in [1.82, 2.24) is 15.3 Å². The summed E-state index contributed by atoms with van der Waals surface area (Å²) in [5.41, 5.74) is 4.29. The van der Waals surface area contributed by atoms with Crippen molar-refractivity contribution in [2.45, 2.75) is 6.42 Å². The quantitative estimate of drug-likeness (QED) is 0.330. The van der Waals surface area contributed by atoms with Gasteiger partial charge in [-0.05, 0) is 54.4 Å². The van der Waals surface area contributed by atoms with Gasteiger partial charge in [0.1, 0.15) is 23.0 Å². The van der Waals surface area contributed by atoms with Crippen molar-refractivity contribution in [3.05, 3.63) is 89.9 Å². The van der Waals surface area contributed by atoms with Crippen LogP contribution >= 0.6 is 0 Å². The molecule has 7 heteroatoms. The molecular formula is C28H24FN3O3. The Hall–Kier alpha value is -4.39. The van der Waals surface area contributed by atoms with E-state index in [2.05, 4.69) is 10.3 Å². The highest BCUT2D eigenvalue weighted by Crippen LogP contribution is 2.38. The number of hydrogen-bond acceptors (Lipinski definition) is 4. The van der Waals surface area contributed by atoms with E-state index in [1.165, 1.54) is 12.1 Å². The summed E-state index contributed by atoms with van der Waals surface area (Å²) in [6.45, 7) is 0.399. The molecular weight excluding hydrogens is 445 g/mol. The molecule has 0 atom stereocenters. The number of carbonyl (C=O) groups excluding carboxylic acids is 1. The van der Waals surface area contributed by atoms with Gasteiger partial charge in [0.05, 0.1) is 25.4 Å². The van der Waals surface area contributed by atoms with Gasteiger partial charge in [-0.15, -0.1) is 0 Å². The summed E-state index contributed by atoms with van der Waals surface area (Å²) >= 11 is 0. The number of fused-ring (bicyclic) bond motifs is 3. The number of H-pyrrole nitrogens is 1. The van der Waals surface area contributed by atoms with Crippen molar-refractivity contribution < 1.29 is 18.7 Å². The number of benzene rings is 3. The average molecular weight is 470 g/mol. The number of rotatable bonds is 7. The predicted octanol–water partition coefficient (Wildman–Crippen LogP) is 5.51. The lowest BCUT2D eigenvalue weighted by molar-refractivity contribution is 0.0949. The first-order valence-electron chi connectivity index (χ1n) is 11.2. The number of nitrogens with zero attached hydrogens (tertiary/aromatic N) is 1. The second kappa shape index (κ2) is 9.46. The number of nitrogens with one attached hydrogen (secondary N) is 2. The Bertz CT molecular complexity index is 1530. The Morgan fingerprint density at radius 2 is 1.77 bits per heavy atom. The fourth-order valence-electron chi connectivity index (χ4n) is 4.22. The molecule has 2 aromatic heterocycles. The van der Waals surface area contributed by atoms with Gasteiger partial charge in [0.15, 0.2) is 0 Å². The molecule has 0 fully saturated rings. The highest BCUT2D eigenvalue weighted by Gasteiger charge is 2.20. The van der Waals surface area contributed by atoms with E-state index in [0.29, 0.717) is 41.4 Å². The molecule has 0 unspecified atom stereocenters. The summed E-state index contributed by atoms with van der Waals surface area (Å²) in [5.74, 6) is 0.699. The number of ether oxygens (including phenoxy) is 2. The van der Waals surface area contributed by atoms with E-state index < -0.39 is 0 Å².